The Labute approximate surface area is 149 Å². The fraction of sp³-hybridized carbons (Fsp3) is 0.833. The second-order valence-electron chi connectivity index (χ2n) is 7.79. The molecular formula is C18H29N5O2. The summed E-state index contributed by atoms with van der Waals surface area (Å²) in [6.07, 6.45) is 5.46. The van der Waals surface area contributed by atoms with E-state index in [2.05, 4.69) is 19.7 Å². The third-order valence-corrected chi connectivity index (χ3v) is 5.95. The van der Waals surface area contributed by atoms with Gasteiger partial charge in [0.15, 0.2) is 0 Å². The van der Waals surface area contributed by atoms with Crippen LogP contribution in [0.4, 0.5) is 0 Å². The van der Waals surface area contributed by atoms with E-state index in [1.165, 1.54) is 6.42 Å². The maximum atomic E-state index is 12.4. The van der Waals surface area contributed by atoms with Crippen LogP contribution in [0.1, 0.15) is 37.3 Å². The van der Waals surface area contributed by atoms with Gasteiger partial charge in [0.1, 0.15) is 11.6 Å². The third-order valence-electron chi connectivity index (χ3n) is 5.95. The van der Waals surface area contributed by atoms with Gasteiger partial charge >= 0.3 is 0 Å². The van der Waals surface area contributed by atoms with Gasteiger partial charge in [0, 0.05) is 33.2 Å². The smallest absolute Gasteiger partial charge is 0.227 e. The Morgan fingerprint density at radius 3 is 2.84 bits per heavy atom. The number of nitrogens with zero attached hydrogens (tertiary/aromatic N) is 5. The Balaban J connectivity index is 1.23. The number of fused-ring (bicyclic) bond motifs is 1. The molecule has 0 bridgehead atoms. The van der Waals surface area contributed by atoms with Crippen molar-refractivity contribution in [3.8, 4) is 0 Å². The molecule has 138 valence electrons. The van der Waals surface area contributed by atoms with Gasteiger partial charge in [0.25, 0.3) is 0 Å². The van der Waals surface area contributed by atoms with Crippen molar-refractivity contribution in [2.75, 3.05) is 39.9 Å². The number of amides is 1. The van der Waals surface area contributed by atoms with Gasteiger partial charge in [-0.2, -0.15) is 0 Å². The van der Waals surface area contributed by atoms with Crippen LogP contribution in [0.5, 0.6) is 0 Å². The van der Waals surface area contributed by atoms with Gasteiger partial charge in [-0.15, -0.1) is 10.2 Å². The van der Waals surface area contributed by atoms with E-state index in [1.807, 2.05) is 11.9 Å². The normalized spacial score (nSPS) is 24.6. The minimum Gasteiger partial charge on any atom is -0.381 e. The molecule has 1 atom stereocenters. The number of hydrogen-bond donors (Lipinski definition) is 0. The summed E-state index contributed by atoms with van der Waals surface area (Å²) >= 11 is 0. The number of aromatic nitrogens is 3. The second-order valence-corrected chi connectivity index (χ2v) is 7.79. The van der Waals surface area contributed by atoms with Crippen molar-refractivity contribution in [1.82, 2.24) is 24.6 Å². The average molecular weight is 347 g/mol. The molecule has 0 saturated carbocycles. The summed E-state index contributed by atoms with van der Waals surface area (Å²) in [7, 11) is 1.95. The lowest BCUT2D eigenvalue weighted by Gasteiger charge is -2.34. The monoisotopic (exact) mass is 347 g/mol. The maximum Gasteiger partial charge on any atom is 0.227 e. The van der Waals surface area contributed by atoms with E-state index in [9.17, 15) is 4.79 Å². The summed E-state index contributed by atoms with van der Waals surface area (Å²) in [4.78, 5) is 16.8. The van der Waals surface area contributed by atoms with Crippen molar-refractivity contribution in [3.05, 3.63) is 11.6 Å². The van der Waals surface area contributed by atoms with Crippen LogP contribution >= 0.6 is 0 Å². The number of carbonyl (C=O) groups excluding carboxylic acids is 1. The molecule has 2 saturated heterocycles. The Hall–Kier alpha value is -1.47. The summed E-state index contributed by atoms with van der Waals surface area (Å²) in [6, 6.07) is 0. The van der Waals surface area contributed by atoms with Gasteiger partial charge in [0.05, 0.1) is 19.1 Å². The largest absolute Gasteiger partial charge is 0.381 e. The number of piperidine rings is 1. The molecule has 0 aromatic carbocycles. The van der Waals surface area contributed by atoms with Crippen LogP contribution < -0.4 is 0 Å². The Morgan fingerprint density at radius 1 is 1.24 bits per heavy atom. The van der Waals surface area contributed by atoms with Gasteiger partial charge in [-0.3, -0.25) is 9.69 Å². The van der Waals surface area contributed by atoms with Crippen molar-refractivity contribution in [1.29, 1.82) is 0 Å². The Kier molecular flexibility index (Phi) is 5.03. The van der Waals surface area contributed by atoms with Gasteiger partial charge in [-0.05, 0) is 44.7 Å². The molecule has 7 nitrogen and oxygen atoms in total. The summed E-state index contributed by atoms with van der Waals surface area (Å²) in [5.41, 5.74) is 0. The molecule has 1 aromatic heterocycles. The number of carbonyl (C=O) groups is 1. The van der Waals surface area contributed by atoms with Gasteiger partial charge in [-0.25, -0.2) is 0 Å². The topological polar surface area (TPSA) is 63.5 Å². The SMILES string of the molecule is CN(CC1CCN(Cc2nnc3n2CCC3)CC1)C(=O)C1CCOC1. The first-order chi connectivity index (χ1) is 12.2. The molecule has 1 amide bonds. The predicted octanol–water partition coefficient (Wildman–Crippen LogP) is 0.931. The van der Waals surface area contributed by atoms with Gasteiger partial charge < -0.3 is 14.2 Å². The molecule has 25 heavy (non-hydrogen) atoms. The minimum absolute atomic E-state index is 0.0834. The summed E-state index contributed by atoms with van der Waals surface area (Å²) < 4.78 is 7.64. The number of hydrogen-bond acceptors (Lipinski definition) is 5. The highest BCUT2D eigenvalue weighted by Crippen LogP contribution is 2.22. The number of ether oxygens (including phenoxy) is 1. The zero-order chi connectivity index (χ0) is 17.2. The molecule has 3 aliphatic heterocycles. The molecule has 2 fully saturated rings. The summed E-state index contributed by atoms with van der Waals surface area (Å²) in [5.74, 6) is 3.23. The van der Waals surface area contributed by atoms with Crippen LogP contribution in [0.25, 0.3) is 0 Å². The zero-order valence-corrected chi connectivity index (χ0v) is 15.2. The molecule has 0 spiro atoms. The number of aryl methyl sites for hydroxylation is 1. The Morgan fingerprint density at radius 2 is 2.08 bits per heavy atom. The maximum absolute atomic E-state index is 12.4. The highest BCUT2D eigenvalue weighted by atomic mass is 16.5. The van der Waals surface area contributed by atoms with Crippen molar-refractivity contribution < 1.29 is 9.53 Å². The summed E-state index contributed by atoms with van der Waals surface area (Å²) in [5, 5.41) is 8.68. The lowest BCUT2D eigenvalue weighted by Crippen LogP contribution is -2.41. The molecule has 0 N–H and O–H groups in total. The molecule has 4 heterocycles. The molecular weight excluding hydrogens is 318 g/mol. The van der Waals surface area contributed by atoms with Crippen LogP contribution in [0, 0.1) is 11.8 Å². The van der Waals surface area contributed by atoms with Crippen LogP contribution in [-0.2, 0) is 29.0 Å². The van der Waals surface area contributed by atoms with Crippen LogP contribution in [-0.4, -0.2) is 70.4 Å². The lowest BCUT2D eigenvalue weighted by atomic mass is 9.95. The average Bonchev–Trinajstić information content (AvgIpc) is 3.35. The summed E-state index contributed by atoms with van der Waals surface area (Å²) in [6.45, 7) is 6.37. The van der Waals surface area contributed by atoms with Crippen LogP contribution in [0.3, 0.4) is 0 Å². The van der Waals surface area contributed by atoms with Crippen molar-refractivity contribution in [3.63, 3.8) is 0 Å². The minimum atomic E-state index is 0.0834. The number of rotatable bonds is 5. The first-order valence-corrected chi connectivity index (χ1v) is 9.66. The van der Waals surface area contributed by atoms with Crippen molar-refractivity contribution >= 4 is 5.91 Å². The fourth-order valence-corrected chi connectivity index (χ4v) is 4.37. The molecule has 7 heteroatoms. The standard InChI is InChI=1S/C18H29N5O2/c1-21(18(24)15-6-10-25-13-15)11-14-4-8-22(9-5-14)12-17-20-19-16-3-2-7-23(16)17/h14-15H,2-13H2,1H3. The van der Waals surface area contributed by atoms with Crippen LogP contribution in [0.15, 0.2) is 0 Å². The lowest BCUT2D eigenvalue weighted by molar-refractivity contribution is -0.134. The molecule has 4 rings (SSSR count). The molecule has 0 aliphatic carbocycles. The van der Waals surface area contributed by atoms with E-state index in [1.54, 1.807) is 0 Å². The molecule has 1 unspecified atom stereocenters. The van der Waals surface area contributed by atoms with Crippen molar-refractivity contribution in [2.45, 2.75) is 45.2 Å². The second kappa shape index (κ2) is 7.41. The number of likely N-dealkylation sites (tertiary alicyclic amines) is 1. The molecule has 3 aliphatic rings. The predicted molar refractivity (Wildman–Crippen MR) is 92.9 cm³/mol. The highest BCUT2D eigenvalue weighted by molar-refractivity contribution is 5.78. The van der Waals surface area contributed by atoms with E-state index >= 15 is 0 Å². The first kappa shape index (κ1) is 17.0. The highest BCUT2D eigenvalue weighted by Gasteiger charge is 2.29. The van der Waals surface area contributed by atoms with E-state index in [0.29, 0.717) is 12.5 Å². The third kappa shape index (κ3) is 3.72. The van der Waals surface area contributed by atoms with E-state index < -0.39 is 0 Å². The van der Waals surface area contributed by atoms with E-state index in [-0.39, 0.29) is 11.8 Å². The quantitative estimate of drug-likeness (QED) is 0.793. The Bertz CT molecular complexity index is 603. The first-order valence-electron chi connectivity index (χ1n) is 9.66. The molecule has 0 radical (unpaired) electrons. The molecule has 1 aromatic rings. The van der Waals surface area contributed by atoms with Crippen LogP contribution in [0.2, 0.25) is 0 Å². The van der Waals surface area contributed by atoms with Crippen molar-refractivity contribution in [2.24, 2.45) is 11.8 Å². The van der Waals surface area contributed by atoms with Gasteiger partial charge in [0.2, 0.25) is 5.91 Å². The van der Waals surface area contributed by atoms with E-state index in [4.69, 9.17) is 4.74 Å². The van der Waals surface area contributed by atoms with E-state index in [0.717, 1.165) is 76.7 Å². The van der Waals surface area contributed by atoms with Gasteiger partial charge in [-0.1, -0.05) is 0 Å². The zero-order valence-electron chi connectivity index (χ0n) is 15.2. The fourth-order valence-electron chi connectivity index (χ4n) is 4.37.